The Bertz CT molecular complexity index is 604. The minimum Gasteiger partial charge on any atom is -0.497 e. The Hall–Kier alpha value is -2.36. The number of alkyl halides is 3. The van der Waals surface area contributed by atoms with Gasteiger partial charge in [-0.3, -0.25) is 4.79 Å². The Morgan fingerprint density at radius 1 is 1.35 bits per heavy atom. The number of methoxy groups -OCH3 is 1. The van der Waals surface area contributed by atoms with Crippen LogP contribution in [0.5, 0.6) is 5.75 Å². The highest BCUT2D eigenvalue weighted by Gasteiger charge is 2.27. The zero-order valence-electron chi connectivity index (χ0n) is 13.2. The first kappa shape index (κ1) is 18.7. The number of terminal acetylenes is 1. The summed E-state index contributed by atoms with van der Waals surface area (Å²) in [5.41, 5.74) is -0.445. The van der Waals surface area contributed by atoms with Crippen molar-refractivity contribution in [3.63, 3.8) is 0 Å². The Morgan fingerprint density at radius 2 is 2.00 bits per heavy atom. The van der Waals surface area contributed by atoms with Crippen molar-refractivity contribution in [1.29, 1.82) is 0 Å². The van der Waals surface area contributed by atoms with Gasteiger partial charge >= 0.3 is 6.18 Å². The second-order valence-electron chi connectivity index (χ2n) is 5.43. The molecule has 1 aromatic rings. The fourth-order valence-corrected chi connectivity index (χ4v) is 1.72. The largest absolute Gasteiger partial charge is 0.497 e. The number of anilines is 1. The molecule has 0 saturated carbocycles. The first-order chi connectivity index (χ1) is 10.6. The van der Waals surface area contributed by atoms with E-state index in [0.717, 1.165) is 0 Å². The van der Waals surface area contributed by atoms with Crippen LogP contribution in [0.2, 0.25) is 0 Å². The molecule has 0 aromatic heterocycles. The lowest BCUT2D eigenvalue weighted by Crippen LogP contribution is -2.42. The van der Waals surface area contributed by atoms with Gasteiger partial charge in [0.1, 0.15) is 5.75 Å². The average molecular weight is 328 g/mol. The van der Waals surface area contributed by atoms with Gasteiger partial charge < -0.3 is 15.4 Å². The molecule has 7 heteroatoms. The maximum absolute atomic E-state index is 12.3. The highest BCUT2D eigenvalue weighted by atomic mass is 19.4. The average Bonchev–Trinajstić information content (AvgIpc) is 2.45. The van der Waals surface area contributed by atoms with Gasteiger partial charge in [0, 0.05) is 12.2 Å². The fraction of sp³-hybridized carbons (Fsp3) is 0.438. The molecule has 0 atom stereocenters. The van der Waals surface area contributed by atoms with Crippen molar-refractivity contribution in [3.05, 3.63) is 23.8 Å². The molecule has 0 bridgehead atoms. The van der Waals surface area contributed by atoms with Crippen LogP contribution in [0.25, 0.3) is 0 Å². The van der Waals surface area contributed by atoms with E-state index in [-0.39, 0.29) is 17.8 Å². The Morgan fingerprint density at radius 3 is 2.52 bits per heavy atom. The summed E-state index contributed by atoms with van der Waals surface area (Å²) >= 11 is 0. The van der Waals surface area contributed by atoms with Crippen LogP contribution in [-0.4, -0.2) is 31.3 Å². The van der Waals surface area contributed by atoms with Crippen molar-refractivity contribution in [1.82, 2.24) is 5.32 Å². The molecular formula is C16H19F3N2O2. The minimum absolute atomic E-state index is 0.162. The van der Waals surface area contributed by atoms with Crippen molar-refractivity contribution in [2.45, 2.75) is 32.0 Å². The highest BCUT2D eigenvalue weighted by molar-refractivity contribution is 6.00. The molecule has 4 nitrogen and oxygen atoms in total. The number of hydrogen-bond acceptors (Lipinski definition) is 3. The standard InChI is InChI=1S/C16H19F3N2O2/c1-5-15(2,3)21-14(22)12-10-11(23-4)6-7-13(12)20-9-8-16(17,18)19/h1,6-7,10,20H,8-9H2,2-4H3,(H,21,22). The summed E-state index contributed by atoms with van der Waals surface area (Å²) in [5, 5.41) is 5.25. The van der Waals surface area contributed by atoms with E-state index in [1.807, 2.05) is 0 Å². The minimum atomic E-state index is -4.27. The van der Waals surface area contributed by atoms with Gasteiger partial charge in [-0.2, -0.15) is 13.2 Å². The predicted octanol–water partition coefficient (Wildman–Crippen LogP) is 3.20. The third-order valence-electron chi connectivity index (χ3n) is 2.98. The lowest BCUT2D eigenvalue weighted by molar-refractivity contribution is -0.131. The summed E-state index contributed by atoms with van der Waals surface area (Å²) in [6.07, 6.45) is 0.0503. The summed E-state index contributed by atoms with van der Waals surface area (Å²) in [7, 11) is 1.43. The Labute approximate surface area is 133 Å². The number of amides is 1. The van der Waals surface area contributed by atoms with Crippen molar-refractivity contribution in [2.75, 3.05) is 19.0 Å². The van der Waals surface area contributed by atoms with E-state index in [1.54, 1.807) is 19.9 Å². The zero-order valence-corrected chi connectivity index (χ0v) is 13.2. The number of hydrogen-bond donors (Lipinski definition) is 2. The van der Waals surface area contributed by atoms with E-state index in [2.05, 4.69) is 16.6 Å². The third kappa shape index (κ3) is 6.10. The molecule has 0 heterocycles. The summed E-state index contributed by atoms with van der Waals surface area (Å²) in [4.78, 5) is 12.3. The first-order valence-corrected chi connectivity index (χ1v) is 6.87. The number of ether oxygens (including phenoxy) is 1. The molecule has 0 aliphatic carbocycles. The molecule has 0 aliphatic rings. The molecule has 23 heavy (non-hydrogen) atoms. The molecule has 1 aromatic carbocycles. The van der Waals surface area contributed by atoms with Crippen molar-refractivity contribution >= 4 is 11.6 Å². The molecule has 0 radical (unpaired) electrons. The van der Waals surface area contributed by atoms with Crippen LogP contribution in [0, 0.1) is 12.3 Å². The number of nitrogens with one attached hydrogen (secondary N) is 2. The maximum Gasteiger partial charge on any atom is 0.390 e. The van der Waals surface area contributed by atoms with Crippen LogP contribution in [0.3, 0.4) is 0 Å². The smallest absolute Gasteiger partial charge is 0.390 e. The van der Waals surface area contributed by atoms with E-state index < -0.39 is 24.0 Å². The predicted molar refractivity (Wildman–Crippen MR) is 82.5 cm³/mol. The van der Waals surface area contributed by atoms with Crippen molar-refractivity contribution in [3.8, 4) is 18.1 Å². The SMILES string of the molecule is C#CC(C)(C)NC(=O)c1cc(OC)ccc1NCCC(F)(F)F. The van der Waals surface area contributed by atoms with Crippen LogP contribution < -0.4 is 15.4 Å². The van der Waals surface area contributed by atoms with Gasteiger partial charge in [0.15, 0.2) is 0 Å². The highest BCUT2D eigenvalue weighted by Crippen LogP contribution is 2.24. The lowest BCUT2D eigenvalue weighted by Gasteiger charge is -2.21. The van der Waals surface area contributed by atoms with E-state index in [1.165, 1.54) is 19.2 Å². The first-order valence-electron chi connectivity index (χ1n) is 6.87. The second kappa shape index (κ2) is 7.27. The zero-order chi connectivity index (χ0) is 17.7. The molecule has 0 aliphatic heterocycles. The van der Waals surface area contributed by atoms with Gasteiger partial charge in [-0.25, -0.2) is 0 Å². The van der Waals surface area contributed by atoms with E-state index in [9.17, 15) is 18.0 Å². The van der Waals surface area contributed by atoms with Gasteiger partial charge in [0.05, 0.1) is 24.6 Å². The maximum atomic E-state index is 12.3. The molecule has 0 unspecified atom stereocenters. The Kier molecular flexibility index (Phi) is 5.91. The van der Waals surface area contributed by atoms with Crippen molar-refractivity contribution in [2.24, 2.45) is 0 Å². The van der Waals surface area contributed by atoms with Gasteiger partial charge in [0.25, 0.3) is 5.91 Å². The number of carbonyl (C=O) groups is 1. The molecule has 2 N–H and O–H groups in total. The van der Waals surface area contributed by atoms with Gasteiger partial charge in [-0.05, 0) is 32.0 Å². The lowest BCUT2D eigenvalue weighted by atomic mass is 10.1. The summed E-state index contributed by atoms with van der Waals surface area (Å²) in [6.45, 7) is 2.94. The molecule has 0 spiro atoms. The molecule has 0 fully saturated rings. The number of rotatable bonds is 6. The van der Waals surface area contributed by atoms with Crippen LogP contribution in [0.1, 0.15) is 30.6 Å². The molecule has 1 amide bonds. The normalized spacial score (nSPS) is 11.5. The van der Waals surface area contributed by atoms with Gasteiger partial charge in [-0.15, -0.1) is 6.42 Å². The van der Waals surface area contributed by atoms with E-state index in [0.29, 0.717) is 5.75 Å². The van der Waals surface area contributed by atoms with E-state index >= 15 is 0 Å². The molecular weight excluding hydrogens is 309 g/mol. The molecule has 126 valence electrons. The topological polar surface area (TPSA) is 50.4 Å². The van der Waals surface area contributed by atoms with Crippen LogP contribution in [0.15, 0.2) is 18.2 Å². The summed E-state index contributed by atoms with van der Waals surface area (Å²) in [6, 6.07) is 4.49. The second-order valence-corrected chi connectivity index (χ2v) is 5.43. The summed E-state index contributed by atoms with van der Waals surface area (Å²) < 4.78 is 41.8. The Balaban J connectivity index is 2.98. The van der Waals surface area contributed by atoms with Gasteiger partial charge in [-0.1, -0.05) is 5.92 Å². The van der Waals surface area contributed by atoms with Crippen LogP contribution in [0.4, 0.5) is 18.9 Å². The molecule has 1 rings (SSSR count). The van der Waals surface area contributed by atoms with Gasteiger partial charge in [0.2, 0.25) is 0 Å². The monoisotopic (exact) mass is 328 g/mol. The number of halogens is 3. The van der Waals surface area contributed by atoms with Crippen molar-refractivity contribution < 1.29 is 22.7 Å². The number of carbonyl (C=O) groups excluding carboxylic acids is 1. The molecule has 0 saturated heterocycles. The fourth-order valence-electron chi connectivity index (χ4n) is 1.72. The number of benzene rings is 1. The summed E-state index contributed by atoms with van der Waals surface area (Å²) in [5.74, 6) is 2.33. The van der Waals surface area contributed by atoms with Crippen LogP contribution in [-0.2, 0) is 0 Å². The third-order valence-corrected chi connectivity index (χ3v) is 2.98. The van der Waals surface area contributed by atoms with Crippen LogP contribution >= 0.6 is 0 Å². The quantitative estimate of drug-likeness (QED) is 0.789. The van der Waals surface area contributed by atoms with E-state index in [4.69, 9.17) is 11.2 Å².